The Morgan fingerprint density at radius 3 is 2.91 bits per heavy atom. The van der Waals surface area contributed by atoms with E-state index in [-0.39, 0.29) is 17.2 Å². The van der Waals surface area contributed by atoms with Gasteiger partial charge in [-0.2, -0.15) is 0 Å². The molecule has 2 aromatic rings. The van der Waals surface area contributed by atoms with Crippen LogP contribution < -0.4 is 5.32 Å². The van der Waals surface area contributed by atoms with E-state index in [0.29, 0.717) is 12.1 Å². The minimum Gasteiger partial charge on any atom is -0.477 e. The van der Waals surface area contributed by atoms with Crippen molar-refractivity contribution in [2.24, 2.45) is 0 Å². The number of nitrogens with one attached hydrogen (secondary N) is 2. The predicted molar refractivity (Wildman–Crippen MR) is 87.1 cm³/mol. The van der Waals surface area contributed by atoms with Gasteiger partial charge in [-0.3, -0.25) is 9.69 Å². The average molecular weight is 337 g/mol. The van der Waals surface area contributed by atoms with E-state index in [2.05, 4.69) is 15.2 Å². The summed E-state index contributed by atoms with van der Waals surface area (Å²) in [5, 5.41) is 12.2. The van der Waals surface area contributed by atoms with Gasteiger partial charge in [-0.25, -0.2) is 4.79 Å². The number of thiophene rings is 1. The molecule has 0 aromatic carbocycles. The van der Waals surface area contributed by atoms with Crippen molar-refractivity contribution in [2.45, 2.75) is 6.42 Å². The molecule has 0 radical (unpaired) electrons. The fraction of sp³-hybridized carbons (Fsp3) is 0.467. The maximum atomic E-state index is 12.1. The van der Waals surface area contributed by atoms with Gasteiger partial charge in [0.2, 0.25) is 5.91 Å². The number of carbonyl (C=O) groups is 2. The zero-order chi connectivity index (χ0) is 16.2. The second kappa shape index (κ2) is 7.12. The molecule has 1 fully saturated rings. The summed E-state index contributed by atoms with van der Waals surface area (Å²) in [6, 6.07) is 1.83. The summed E-state index contributed by atoms with van der Waals surface area (Å²) in [6.45, 7) is 4.56. The summed E-state index contributed by atoms with van der Waals surface area (Å²) in [4.78, 5) is 29.0. The van der Waals surface area contributed by atoms with E-state index in [0.717, 1.165) is 43.1 Å². The number of carboxylic acids is 1. The highest BCUT2D eigenvalue weighted by Gasteiger charge is 2.20. The number of hydrogen-bond acceptors (Lipinski definition) is 5. The number of H-pyrrole nitrogens is 1. The number of aromatic nitrogens is 1. The number of carboxylic acid groups (broad SMARTS) is 1. The van der Waals surface area contributed by atoms with Gasteiger partial charge >= 0.3 is 5.97 Å². The molecule has 0 atom stereocenters. The highest BCUT2D eigenvalue weighted by molar-refractivity contribution is 7.21. The molecule has 23 heavy (non-hydrogen) atoms. The van der Waals surface area contributed by atoms with Crippen molar-refractivity contribution < 1.29 is 19.4 Å². The Morgan fingerprint density at radius 2 is 2.17 bits per heavy atom. The number of aromatic carboxylic acids is 1. The predicted octanol–water partition coefficient (Wildman–Crippen LogP) is 0.918. The van der Waals surface area contributed by atoms with Crippen LogP contribution in [0.3, 0.4) is 0 Å². The summed E-state index contributed by atoms with van der Waals surface area (Å²) in [5.74, 6) is -1.15. The van der Waals surface area contributed by atoms with Crippen molar-refractivity contribution in [3.8, 4) is 0 Å². The molecule has 8 heteroatoms. The fourth-order valence-electron chi connectivity index (χ4n) is 2.70. The standard InChI is InChI=1S/C15H19N3O4S/c19-12(16-3-4-18-5-7-22-8-6-18)9-10-13-11(1-2-17-13)23-14(10)15(20)21/h1-2,17H,3-9H2,(H,16,19)(H,20,21). The van der Waals surface area contributed by atoms with Crippen molar-refractivity contribution in [1.29, 1.82) is 0 Å². The summed E-state index contributed by atoms with van der Waals surface area (Å²) < 4.78 is 6.14. The zero-order valence-corrected chi connectivity index (χ0v) is 13.4. The van der Waals surface area contributed by atoms with Crippen LogP contribution in [0, 0.1) is 0 Å². The molecule has 0 saturated carbocycles. The van der Waals surface area contributed by atoms with E-state index in [9.17, 15) is 14.7 Å². The zero-order valence-electron chi connectivity index (χ0n) is 12.6. The first-order valence-corrected chi connectivity index (χ1v) is 8.35. The lowest BCUT2D eigenvalue weighted by Crippen LogP contribution is -2.41. The summed E-state index contributed by atoms with van der Waals surface area (Å²) in [5.41, 5.74) is 1.31. The van der Waals surface area contributed by atoms with E-state index >= 15 is 0 Å². The number of ether oxygens (including phenoxy) is 1. The first kappa shape index (κ1) is 16.0. The SMILES string of the molecule is O=C(Cc1c(C(=O)O)sc2cc[nH]c12)NCCN1CCOCC1. The third-order valence-corrected chi connectivity index (χ3v) is 5.07. The number of amides is 1. The molecular formula is C15H19N3O4S. The molecule has 1 saturated heterocycles. The van der Waals surface area contributed by atoms with Crippen LogP contribution in [0.25, 0.3) is 10.2 Å². The number of carbonyl (C=O) groups excluding carboxylic acids is 1. The lowest BCUT2D eigenvalue weighted by atomic mass is 10.1. The molecule has 0 unspecified atom stereocenters. The molecule has 0 aliphatic carbocycles. The maximum Gasteiger partial charge on any atom is 0.346 e. The van der Waals surface area contributed by atoms with Crippen molar-refractivity contribution in [3.63, 3.8) is 0 Å². The van der Waals surface area contributed by atoms with Gasteiger partial charge in [-0.1, -0.05) is 0 Å². The Kier molecular flexibility index (Phi) is 4.94. The van der Waals surface area contributed by atoms with Crippen LogP contribution in [0.15, 0.2) is 12.3 Å². The van der Waals surface area contributed by atoms with Crippen LogP contribution in [0.5, 0.6) is 0 Å². The maximum absolute atomic E-state index is 12.1. The van der Waals surface area contributed by atoms with Crippen LogP contribution in [-0.2, 0) is 16.0 Å². The van der Waals surface area contributed by atoms with Crippen LogP contribution in [0.4, 0.5) is 0 Å². The third kappa shape index (κ3) is 3.72. The Hall–Kier alpha value is -1.90. The van der Waals surface area contributed by atoms with Crippen LogP contribution >= 0.6 is 11.3 Å². The van der Waals surface area contributed by atoms with Gasteiger partial charge in [0.15, 0.2) is 0 Å². The molecule has 3 heterocycles. The van der Waals surface area contributed by atoms with Gasteiger partial charge in [0.1, 0.15) is 4.88 Å². The van der Waals surface area contributed by atoms with Crippen molar-refractivity contribution in [1.82, 2.24) is 15.2 Å². The molecular weight excluding hydrogens is 318 g/mol. The summed E-state index contributed by atoms with van der Waals surface area (Å²) in [7, 11) is 0. The quantitative estimate of drug-likeness (QED) is 0.729. The van der Waals surface area contributed by atoms with Gasteiger partial charge in [0.25, 0.3) is 0 Å². The first-order valence-electron chi connectivity index (χ1n) is 7.54. The number of rotatable bonds is 6. The smallest absolute Gasteiger partial charge is 0.346 e. The molecule has 1 aliphatic heterocycles. The fourth-order valence-corrected chi connectivity index (χ4v) is 3.73. The minimum atomic E-state index is -0.990. The normalized spacial score (nSPS) is 15.8. The molecule has 0 bridgehead atoms. The lowest BCUT2D eigenvalue weighted by molar-refractivity contribution is -0.120. The Bertz CT molecular complexity index is 703. The molecule has 3 N–H and O–H groups in total. The largest absolute Gasteiger partial charge is 0.477 e. The molecule has 3 rings (SSSR count). The van der Waals surface area contributed by atoms with E-state index in [1.54, 1.807) is 6.20 Å². The van der Waals surface area contributed by atoms with Crippen LogP contribution in [0.1, 0.15) is 15.2 Å². The van der Waals surface area contributed by atoms with Gasteiger partial charge < -0.3 is 20.1 Å². The first-order chi connectivity index (χ1) is 11.1. The van der Waals surface area contributed by atoms with E-state index in [1.165, 1.54) is 11.3 Å². The highest BCUT2D eigenvalue weighted by atomic mass is 32.1. The molecule has 124 valence electrons. The van der Waals surface area contributed by atoms with Crippen molar-refractivity contribution >= 4 is 33.4 Å². The number of fused-ring (bicyclic) bond motifs is 1. The monoisotopic (exact) mass is 337 g/mol. The van der Waals surface area contributed by atoms with Crippen LogP contribution in [-0.4, -0.2) is 66.3 Å². The minimum absolute atomic E-state index is 0.0747. The van der Waals surface area contributed by atoms with E-state index < -0.39 is 5.97 Å². The summed E-state index contributed by atoms with van der Waals surface area (Å²) in [6.07, 6.45) is 1.83. The third-order valence-electron chi connectivity index (χ3n) is 3.88. The molecule has 7 nitrogen and oxygen atoms in total. The number of nitrogens with zero attached hydrogens (tertiary/aromatic N) is 1. The average Bonchev–Trinajstić information content (AvgIpc) is 3.11. The Balaban J connectivity index is 1.58. The van der Waals surface area contributed by atoms with E-state index in [1.807, 2.05) is 6.07 Å². The number of hydrogen-bond donors (Lipinski definition) is 3. The van der Waals surface area contributed by atoms with E-state index in [4.69, 9.17) is 4.74 Å². The lowest BCUT2D eigenvalue weighted by Gasteiger charge is -2.26. The highest BCUT2D eigenvalue weighted by Crippen LogP contribution is 2.30. The van der Waals surface area contributed by atoms with Gasteiger partial charge in [-0.15, -0.1) is 11.3 Å². The van der Waals surface area contributed by atoms with Crippen molar-refractivity contribution in [3.05, 3.63) is 22.7 Å². The van der Waals surface area contributed by atoms with Gasteiger partial charge in [0.05, 0.1) is 29.9 Å². The second-order valence-electron chi connectivity index (χ2n) is 5.41. The topological polar surface area (TPSA) is 94.7 Å². The van der Waals surface area contributed by atoms with Crippen molar-refractivity contribution in [2.75, 3.05) is 39.4 Å². The van der Waals surface area contributed by atoms with Gasteiger partial charge in [0, 0.05) is 37.9 Å². The number of morpholine rings is 1. The second-order valence-corrected chi connectivity index (χ2v) is 6.46. The Labute approximate surface area is 137 Å². The van der Waals surface area contributed by atoms with Gasteiger partial charge in [-0.05, 0) is 6.07 Å². The summed E-state index contributed by atoms with van der Waals surface area (Å²) >= 11 is 1.19. The molecule has 0 spiro atoms. The van der Waals surface area contributed by atoms with Crippen LogP contribution in [0.2, 0.25) is 0 Å². The molecule has 2 aromatic heterocycles. The number of aromatic amines is 1. The Morgan fingerprint density at radius 1 is 1.39 bits per heavy atom. The molecule has 1 amide bonds. The molecule has 1 aliphatic rings.